The van der Waals surface area contributed by atoms with Crippen molar-refractivity contribution in [3.63, 3.8) is 0 Å². The van der Waals surface area contributed by atoms with Gasteiger partial charge in [0.05, 0.1) is 16.4 Å². The molecule has 1 aliphatic heterocycles. The number of hydrogen-bond donors (Lipinski definition) is 2. The van der Waals surface area contributed by atoms with Crippen LogP contribution in [0.2, 0.25) is 5.02 Å². The molecule has 16 heavy (non-hydrogen) atoms. The lowest BCUT2D eigenvalue weighted by Gasteiger charge is -2.23. The summed E-state index contributed by atoms with van der Waals surface area (Å²) in [6.45, 7) is 5.17. The molecule has 88 valence electrons. The van der Waals surface area contributed by atoms with E-state index in [1.165, 1.54) is 12.8 Å². The molecule has 0 radical (unpaired) electrons. The zero-order chi connectivity index (χ0) is 11.4. The third-order valence-electron chi connectivity index (χ3n) is 3.04. The van der Waals surface area contributed by atoms with E-state index in [-0.39, 0.29) is 0 Å². The van der Waals surface area contributed by atoms with Crippen LogP contribution in [0.4, 0.5) is 5.69 Å². The van der Waals surface area contributed by atoms with Crippen LogP contribution in [0, 0.1) is 12.8 Å². The molecule has 3 nitrogen and oxygen atoms in total. The SMILES string of the molecule is Cc1nccc(NCC2CCCNC2)c1Cl. The van der Waals surface area contributed by atoms with Gasteiger partial charge in [0.1, 0.15) is 0 Å². The number of nitrogens with one attached hydrogen (secondary N) is 2. The third-order valence-corrected chi connectivity index (χ3v) is 3.52. The molecule has 0 spiro atoms. The van der Waals surface area contributed by atoms with Crippen LogP contribution < -0.4 is 10.6 Å². The Morgan fingerprint density at radius 3 is 3.25 bits per heavy atom. The molecule has 0 amide bonds. The second-order valence-electron chi connectivity index (χ2n) is 4.35. The van der Waals surface area contributed by atoms with Crippen LogP contribution in [0.1, 0.15) is 18.5 Å². The summed E-state index contributed by atoms with van der Waals surface area (Å²) >= 11 is 6.17. The lowest BCUT2D eigenvalue weighted by atomic mass is 10.00. The fraction of sp³-hybridized carbons (Fsp3) is 0.583. The first kappa shape index (κ1) is 11.7. The molecule has 1 aliphatic rings. The van der Waals surface area contributed by atoms with Gasteiger partial charge in [-0.25, -0.2) is 0 Å². The molecule has 2 heterocycles. The zero-order valence-corrected chi connectivity index (χ0v) is 10.3. The molecule has 0 aromatic carbocycles. The molecule has 0 saturated carbocycles. The molecule has 1 unspecified atom stereocenters. The Morgan fingerprint density at radius 2 is 2.50 bits per heavy atom. The van der Waals surface area contributed by atoms with E-state index in [1.807, 2.05) is 13.0 Å². The quantitative estimate of drug-likeness (QED) is 0.851. The Balaban J connectivity index is 1.91. The van der Waals surface area contributed by atoms with Crippen LogP contribution in [-0.4, -0.2) is 24.6 Å². The van der Waals surface area contributed by atoms with Gasteiger partial charge >= 0.3 is 0 Å². The predicted octanol–water partition coefficient (Wildman–Crippen LogP) is 2.45. The van der Waals surface area contributed by atoms with E-state index in [1.54, 1.807) is 6.20 Å². The summed E-state index contributed by atoms with van der Waals surface area (Å²) in [7, 11) is 0. The van der Waals surface area contributed by atoms with Gasteiger partial charge in [-0.3, -0.25) is 4.98 Å². The highest BCUT2D eigenvalue weighted by atomic mass is 35.5. The molecule has 1 saturated heterocycles. The largest absolute Gasteiger partial charge is 0.383 e. The van der Waals surface area contributed by atoms with Gasteiger partial charge < -0.3 is 10.6 Å². The van der Waals surface area contributed by atoms with E-state index in [2.05, 4.69) is 15.6 Å². The summed E-state index contributed by atoms with van der Waals surface area (Å²) in [5.41, 5.74) is 1.88. The third kappa shape index (κ3) is 2.86. The molecule has 2 rings (SSSR count). The van der Waals surface area contributed by atoms with Crippen molar-refractivity contribution in [2.24, 2.45) is 5.92 Å². The Morgan fingerprint density at radius 1 is 1.62 bits per heavy atom. The van der Waals surface area contributed by atoms with Gasteiger partial charge in [0, 0.05) is 12.7 Å². The molecule has 1 atom stereocenters. The van der Waals surface area contributed by atoms with Gasteiger partial charge in [-0.15, -0.1) is 0 Å². The Hall–Kier alpha value is -0.800. The van der Waals surface area contributed by atoms with E-state index in [0.29, 0.717) is 5.92 Å². The van der Waals surface area contributed by atoms with Gasteiger partial charge in [0.15, 0.2) is 0 Å². The van der Waals surface area contributed by atoms with Crippen molar-refractivity contribution in [3.8, 4) is 0 Å². The Bertz CT molecular complexity index is 348. The summed E-state index contributed by atoms with van der Waals surface area (Å²) < 4.78 is 0. The summed E-state index contributed by atoms with van der Waals surface area (Å²) in [6.07, 6.45) is 4.36. The van der Waals surface area contributed by atoms with Crippen molar-refractivity contribution >= 4 is 17.3 Å². The maximum absolute atomic E-state index is 6.17. The fourth-order valence-corrected chi connectivity index (χ4v) is 2.22. The minimum absolute atomic E-state index is 0.707. The first-order chi connectivity index (χ1) is 7.77. The van der Waals surface area contributed by atoms with Crippen LogP contribution >= 0.6 is 11.6 Å². The van der Waals surface area contributed by atoms with E-state index >= 15 is 0 Å². The summed E-state index contributed by atoms with van der Waals surface area (Å²) in [4.78, 5) is 4.15. The van der Waals surface area contributed by atoms with E-state index in [0.717, 1.165) is 36.0 Å². The molecular weight excluding hydrogens is 222 g/mol. The van der Waals surface area contributed by atoms with Crippen molar-refractivity contribution in [1.82, 2.24) is 10.3 Å². The molecular formula is C12H18ClN3. The Labute approximate surface area is 102 Å². The normalized spacial score (nSPS) is 20.8. The summed E-state index contributed by atoms with van der Waals surface area (Å²) in [5, 5.41) is 7.57. The number of rotatable bonds is 3. The number of nitrogens with zero attached hydrogens (tertiary/aromatic N) is 1. The lowest BCUT2D eigenvalue weighted by molar-refractivity contribution is 0.393. The highest BCUT2D eigenvalue weighted by Gasteiger charge is 2.13. The van der Waals surface area contributed by atoms with Crippen molar-refractivity contribution in [2.45, 2.75) is 19.8 Å². The predicted molar refractivity (Wildman–Crippen MR) is 68.1 cm³/mol. The second-order valence-corrected chi connectivity index (χ2v) is 4.73. The minimum Gasteiger partial charge on any atom is -0.383 e. The van der Waals surface area contributed by atoms with E-state index < -0.39 is 0 Å². The van der Waals surface area contributed by atoms with Crippen molar-refractivity contribution in [3.05, 3.63) is 23.0 Å². The number of anilines is 1. The smallest absolute Gasteiger partial charge is 0.0849 e. The molecule has 1 aromatic heterocycles. The van der Waals surface area contributed by atoms with Crippen LogP contribution in [0.3, 0.4) is 0 Å². The van der Waals surface area contributed by atoms with Crippen molar-refractivity contribution < 1.29 is 0 Å². The van der Waals surface area contributed by atoms with Gasteiger partial charge in [-0.2, -0.15) is 0 Å². The molecule has 0 aliphatic carbocycles. The maximum atomic E-state index is 6.17. The average Bonchev–Trinajstić information content (AvgIpc) is 2.32. The van der Waals surface area contributed by atoms with Gasteiger partial charge in [0.25, 0.3) is 0 Å². The highest BCUT2D eigenvalue weighted by molar-refractivity contribution is 6.33. The molecule has 0 bridgehead atoms. The average molecular weight is 240 g/mol. The van der Waals surface area contributed by atoms with Crippen LogP contribution in [-0.2, 0) is 0 Å². The van der Waals surface area contributed by atoms with E-state index in [9.17, 15) is 0 Å². The highest BCUT2D eigenvalue weighted by Crippen LogP contribution is 2.24. The summed E-state index contributed by atoms with van der Waals surface area (Å²) in [6, 6.07) is 1.94. The fourth-order valence-electron chi connectivity index (χ4n) is 2.04. The van der Waals surface area contributed by atoms with Crippen molar-refractivity contribution in [2.75, 3.05) is 25.0 Å². The summed E-state index contributed by atoms with van der Waals surface area (Å²) in [5.74, 6) is 0.707. The number of aryl methyl sites for hydroxylation is 1. The monoisotopic (exact) mass is 239 g/mol. The molecule has 4 heteroatoms. The van der Waals surface area contributed by atoms with Crippen molar-refractivity contribution in [1.29, 1.82) is 0 Å². The van der Waals surface area contributed by atoms with Crippen LogP contribution in [0.25, 0.3) is 0 Å². The molecule has 2 N–H and O–H groups in total. The second kappa shape index (κ2) is 5.51. The number of halogens is 1. The standard InChI is InChI=1S/C12H18ClN3/c1-9-12(13)11(4-6-15-9)16-8-10-3-2-5-14-7-10/h4,6,10,14H,2-3,5,7-8H2,1H3,(H,15,16). The van der Waals surface area contributed by atoms with Gasteiger partial charge in [-0.05, 0) is 44.8 Å². The number of piperidine rings is 1. The van der Waals surface area contributed by atoms with Gasteiger partial charge in [-0.1, -0.05) is 11.6 Å². The number of pyridine rings is 1. The first-order valence-electron chi connectivity index (χ1n) is 5.83. The van der Waals surface area contributed by atoms with Gasteiger partial charge in [0.2, 0.25) is 0 Å². The van der Waals surface area contributed by atoms with Crippen LogP contribution in [0.15, 0.2) is 12.3 Å². The molecule has 1 aromatic rings. The number of hydrogen-bond acceptors (Lipinski definition) is 3. The first-order valence-corrected chi connectivity index (χ1v) is 6.21. The van der Waals surface area contributed by atoms with Crippen LogP contribution in [0.5, 0.6) is 0 Å². The molecule has 1 fully saturated rings. The topological polar surface area (TPSA) is 37.0 Å². The lowest BCUT2D eigenvalue weighted by Crippen LogP contribution is -2.33. The minimum atomic E-state index is 0.707. The number of aromatic nitrogens is 1. The van der Waals surface area contributed by atoms with E-state index in [4.69, 9.17) is 11.6 Å². The maximum Gasteiger partial charge on any atom is 0.0849 e. The zero-order valence-electron chi connectivity index (χ0n) is 9.59. The Kier molecular flexibility index (Phi) is 4.02.